The Labute approximate surface area is 191 Å². The van der Waals surface area contributed by atoms with E-state index in [0.29, 0.717) is 37.9 Å². The Kier molecular flexibility index (Phi) is 4.97. The van der Waals surface area contributed by atoms with Crippen LogP contribution in [0.3, 0.4) is 0 Å². The van der Waals surface area contributed by atoms with Gasteiger partial charge in [-0.05, 0) is 37.1 Å². The van der Waals surface area contributed by atoms with Crippen LogP contribution in [0.4, 0.5) is 11.4 Å². The molecule has 1 saturated heterocycles. The van der Waals surface area contributed by atoms with E-state index < -0.39 is 6.29 Å². The number of ether oxygens (including phenoxy) is 4. The van der Waals surface area contributed by atoms with Crippen molar-refractivity contribution in [3.8, 4) is 23.0 Å². The Bertz CT molecular complexity index is 1110. The molecule has 0 aromatic heterocycles. The largest absolute Gasteiger partial charge is 0.486 e. The molecular weight excluding hydrogens is 424 g/mol. The van der Waals surface area contributed by atoms with Crippen molar-refractivity contribution in [3.05, 3.63) is 36.4 Å². The van der Waals surface area contributed by atoms with Crippen molar-refractivity contribution in [2.75, 3.05) is 49.7 Å². The molecule has 0 spiro atoms. The van der Waals surface area contributed by atoms with Crippen molar-refractivity contribution in [1.82, 2.24) is 4.90 Å². The van der Waals surface area contributed by atoms with Crippen LogP contribution in [-0.4, -0.2) is 62.6 Å². The molecule has 1 atom stereocenters. The summed E-state index contributed by atoms with van der Waals surface area (Å²) in [4.78, 5) is 13.6. The number of aliphatic imine (C=N–C) groups is 2. The fraction of sp³-hybridized carbons (Fsp3) is 0.391. The summed E-state index contributed by atoms with van der Waals surface area (Å²) in [6.45, 7) is 3.99. The highest BCUT2D eigenvalue weighted by Crippen LogP contribution is 2.37. The number of fused-ring (bicyclic) bond motifs is 2. The van der Waals surface area contributed by atoms with Crippen molar-refractivity contribution in [2.24, 2.45) is 15.7 Å². The molecule has 3 N–H and O–H groups in total. The first-order valence-electron chi connectivity index (χ1n) is 11.3. The van der Waals surface area contributed by atoms with E-state index in [-0.39, 0.29) is 5.96 Å². The van der Waals surface area contributed by atoms with Crippen molar-refractivity contribution in [2.45, 2.75) is 19.1 Å². The normalized spacial score (nSPS) is 21.4. The van der Waals surface area contributed by atoms with Gasteiger partial charge in [-0.15, -0.1) is 0 Å². The number of rotatable bonds is 3. The fourth-order valence-corrected chi connectivity index (χ4v) is 4.44. The van der Waals surface area contributed by atoms with Crippen molar-refractivity contribution in [1.29, 1.82) is 0 Å². The van der Waals surface area contributed by atoms with E-state index in [2.05, 4.69) is 25.1 Å². The first-order chi connectivity index (χ1) is 16.2. The van der Waals surface area contributed by atoms with Crippen molar-refractivity contribution >= 4 is 23.3 Å². The summed E-state index contributed by atoms with van der Waals surface area (Å²) in [5.74, 6) is 3.90. The van der Waals surface area contributed by atoms with Crippen molar-refractivity contribution < 1.29 is 18.9 Å². The van der Waals surface area contributed by atoms with Gasteiger partial charge in [0.1, 0.15) is 26.4 Å². The molecule has 0 saturated carbocycles. The standard InChI is InChI=1S/C23H26N6O4/c24-21-26-22(25-15-3-5-17-19(13-15)32-11-9-30-17)29(23(27-21)28-7-1-2-8-28)16-4-6-18-20(14-16)33-12-10-31-18/h3-6,13-14,22,25H,1-2,7-12H2,(H2,24,26). The number of likely N-dealkylation sites (tertiary alicyclic amines) is 1. The average molecular weight is 450 g/mol. The second kappa shape index (κ2) is 8.27. The highest BCUT2D eigenvalue weighted by molar-refractivity contribution is 6.06. The van der Waals surface area contributed by atoms with Crippen LogP contribution in [0.25, 0.3) is 0 Å². The Hall–Kier alpha value is -3.82. The van der Waals surface area contributed by atoms with Gasteiger partial charge in [0, 0.05) is 30.9 Å². The minimum Gasteiger partial charge on any atom is -0.486 e. The van der Waals surface area contributed by atoms with Crippen molar-refractivity contribution in [3.63, 3.8) is 0 Å². The Morgan fingerprint density at radius 3 is 2.18 bits per heavy atom. The van der Waals surface area contributed by atoms with Crippen LogP contribution in [0.2, 0.25) is 0 Å². The molecule has 2 aromatic carbocycles. The number of benzene rings is 2. The number of guanidine groups is 2. The minimum absolute atomic E-state index is 0.237. The maximum atomic E-state index is 6.18. The molecule has 2 aromatic rings. The highest BCUT2D eigenvalue weighted by atomic mass is 16.6. The molecule has 6 rings (SSSR count). The minimum atomic E-state index is -0.511. The topological polar surface area (TPSA) is 106 Å². The van der Waals surface area contributed by atoms with Gasteiger partial charge in [0.25, 0.3) is 0 Å². The smallest absolute Gasteiger partial charge is 0.222 e. The lowest BCUT2D eigenvalue weighted by molar-refractivity contribution is 0.171. The maximum Gasteiger partial charge on any atom is 0.222 e. The number of nitrogens with one attached hydrogen (secondary N) is 1. The first-order valence-corrected chi connectivity index (χ1v) is 11.3. The predicted octanol–water partition coefficient (Wildman–Crippen LogP) is 2.21. The number of nitrogens with zero attached hydrogens (tertiary/aromatic N) is 4. The summed E-state index contributed by atoms with van der Waals surface area (Å²) < 4.78 is 22.9. The second-order valence-electron chi connectivity index (χ2n) is 8.17. The maximum absolute atomic E-state index is 6.18. The van der Waals surface area contributed by atoms with E-state index in [4.69, 9.17) is 24.7 Å². The lowest BCUT2D eigenvalue weighted by atomic mass is 10.2. The summed E-state index contributed by atoms with van der Waals surface area (Å²) in [6.07, 6.45) is 1.72. The van der Waals surface area contributed by atoms with Gasteiger partial charge in [0.2, 0.25) is 18.2 Å². The predicted molar refractivity (Wildman–Crippen MR) is 125 cm³/mol. The van der Waals surface area contributed by atoms with Crippen LogP contribution in [0, 0.1) is 0 Å². The van der Waals surface area contributed by atoms with Gasteiger partial charge in [-0.25, -0.2) is 4.99 Å². The Morgan fingerprint density at radius 1 is 0.818 bits per heavy atom. The summed E-state index contributed by atoms with van der Waals surface area (Å²) in [5.41, 5.74) is 7.90. The van der Waals surface area contributed by atoms with Crippen LogP contribution < -0.4 is 34.9 Å². The van der Waals surface area contributed by atoms with Crippen LogP contribution in [0.15, 0.2) is 46.4 Å². The lowest BCUT2D eigenvalue weighted by Gasteiger charge is -2.38. The van der Waals surface area contributed by atoms with Crippen LogP contribution in [0.1, 0.15) is 12.8 Å². The Morgan fingerprint density at radius 2 is 1.45 bits per heavy atom. The van der Waals surface area contributed by atoms with E-state index in [1.807, 2.05) is 36.4 Å². The van der Waals surface area contributed by atoms with E-state index in [1.165, 1.54) is 0 Å². The highest BCUT2D eigenvalue weighted by Gasteiger charge is 2.33. The van der Waals surface area contributed by atoms with Gasteiger partial charge in [-0.3, -0.25) is 4.90 Å². The number of nitrogens with two attached hydrogens (primary N) is 1. The molecule has 10 heteroatoms. The molecule has 0 radical (unpaired) electrons. The zero-order chi connectivity index (χ0) is 22.2. The molecule has 1 fully saturated rings. The number of anilines is 2. The summed E-state index contributed by atoms with van der Waals surface area (Å²) in [6, 6.07) is 11.7. The fourth-order valence-electron chi connectivity index (χ4n) is 4.44. The molecular formula is C23H26N6O4. The molecule has 0 aliphatic carbocycles. The van der Waals surface area contributed by atoms with Gasteiger partial charge < -0.3 is 34.9 Å². The van der Waals surface area contributed by atoms with Crippen LogP contribution >= 0.6 is 0 Å². The number of hydrogen-bond acceptors (Lipinski definition) is 10. The lowest BCUT2D eigenvalue weighted by Crippen LogP contribution is -2.54. The van der Waals surface area contributed by atoms with Gasteiger partial charge >= 0.3 is 0 Å². The molecule has 4 aliphatic heterocycles. The molecule has 1 unspecified atom stereocenters. The zero-order valence-electron chi connectivity index (χ0n) is 18.2. The van der Waals surface area contributed by atoms with E-state index in [9.17, 15) is 0 Å². The Balaban J connectivity index is 1.37. The summed E-state index contributed by atoms with van der Waals surface area (Å²) in [5, 5.41) is 3.49. The molecule has 0 amide bonds. The molecule has 33 heavy (non-hydrogen) atoms. The molecule has 0 bridgehead atoms. The summed E-state index contributed by atoms with van der Waals surface area (Å²) >= 11 is 0. The SMILES string of the molecule is NC1=NC(Nc2ccc3c(c2)OCCO3)N(c2ccc3c(c2)OCCO3)C(N2CCCC2)=N1. The third-order valence-corrected chi connectivity index (χ3v) is 5.96. The van der Waals surface area contributed by atoms with Gasteiger partial charge in [0.05, 0.1) is 5.69 Å². The van der Waals surface area contributed by atoms with E-state index in [1.54, 1.807) is 0 Å². The van der Waals surface area contributed by atoms with Crippen LogP contribution in [0.5, 0.6) is 23.0 Å². The molecule has 172 valence electrons. The quantitative estimate of drug-likeness (QED) is 0.733. The monoisotopic (exact) mass is 450 g/mol. The molecule has 10 nitrogen and oxygen atoms in total. The van der Waals surface area contributed by atoms with Crippen LogP contribution in [-0.2, 0) is 0 Å². The first kappa shape index (κ1) is 19.8. The number of hydrogen-bond donors (Lipinski definition) is 2. The average Bonchev–Trinajstić information content (AvgIpc) is 3.38. The third kappa shape index (κ3) is 3.81. The van der Waals surface area contributed by atoms with E-state index >= 15 is 0 Å². The zero-order valence-corrected chi connectivity index (χ0v) is 18.2. The molecule has 4 aliphatic rings. The summed E-state index contributed by atoms with van der Waals surface area (Å²) in [7, 11) is 0. The van der Waals surface area contributed by atoms with Gasteiger partial charge in [-0.2, -0.15) is 4.99 Å². The second-order valence-corrected chi connectivity index (χ2v) is 8.17. The van der Waals surface area contributed by atoms with Gasteiger partial charge in [0.15, 0.2) is 23.0 Å². The van der Waals surface area contributed by atoms with Gasteiger partial charge in [-0.1, -0.05) is 0 Å². The third-order valence-electron chi connectivity index (χ3n) is 5.96. The molecule has 4 heterocycles. The van der Waals surface area contributed by atoms with E-state index in [0.717, 1.165) is 54.8 Å².